The van der Waals surface area contributed by atoms with Gasteiger partial charge in [0.25, 0.3) is 5.56 Å². The third-order valence-corrected chi connectivity index (χ3v) is 13.5. The van der Waals surface area contributed by atoms with Crippen LogP contribution in [0.3, 0.4) is 0 Å². The van der Waals surface area contributed by atoms with E-state index >= 15 is 8.78 Å². The Labute approximate surface area is 313 Å². The Morgan fingerprint density at radius 3 is 2.41 bits per heavy atom. The van der Waals surface area contributed by atoms with Crippen LogP contribution in [0.2, 0.25) is 0 Å². The molecule has 0 amide bonds. The highest BCUT2D eigenvalue weighted by Gasteiger charge is 2.53. The number of nitrogen functional groups attached to an aromatic ring is 1. The summed E-state index contributed by atoms with van der Waals surface area (Å²) in [5.41, 5.74) is 4.67. The van der Waals surface area contributed by atoms with Gasteiger partial charge in [0.1, 0.15) is 42.0 Å². The minimum atomic E-state index is -4.48. The van der Waals surface area contributed by atoms with E-state index in [4.69, 9.17) is 38.4 Å². The van der Waals surface area contributed by atoms with E-state index in [2.05, 4.69) is 15.0 Å². The van der Waals surface area contributed by atoms with Crippen LogP contribution >= 0.6 is 27.2 Å². The van der Waals surface area contributed by atoms with Crippen LogP contribution in [0.15, 0.2) is 34.5 Å². The van der Waals surface area contributed by atoms with Gasteiger partial charge in [0.15, 0.2) is 45.3 Å². The molecule has 0 aromatic carbocycles. The maximum absolute atomic E-state index is 16.2. The lowest BCUT2D eigenvalue weighted by molar-refractivity contribution is -0.116. The van der Waals surface area contributed by atoms with Crippen molar-refractivity contribution < 1.29 is 50.8 Å². The third-order valence-electron chi connectivity index (χ3n) is 9.21. The Morgan fingerprint density at radius 2 is 1.67 bits per heavy atom. The largest absolute Gasteiger partial charge is 0.396 e. The molecule has 3 aromatic heterocycles. The van der Waals surface area contributed by atoms with Gasteiger partial charge in [-0.2, -0.15) is 0 Å². The van der Waals surface area contributed by atoms with Crippen LogP contribution < -0.4 is 17.0 Å². The van der Waals surface area contributed by atoms with Crippen molar-refractivity contribution in [1.29, 1.82) is 0 Å². The average molecular weight is 822 g/mol. The summed E-state index contributed by atoms with van der Waals surface area (Å²) in [5.74, 6) is -0.448. The SMILES string of the molecule is Nc1ncnc2c1ncn2[C@@H]1O[C@@H]2COP(=O)(SCC(=O)CCCCCCCCCCO)O[C@H]3[C@@H](F)[C@H](n4ccc(=O)[nH]c4=O)O[C@@H]3COPO[C@H]2[C@H]1F. The number of ether oxygens (including phenoxy) is 2. The monoisotopic (exact) mass is 821 g/mol. The highest BCUT2D eigenvalue weighted by atomic mass is 32.7. The highest BCUT2D eigenvalue weighted by molar-refractivity contribution is 8.55. The number of anilines is 1. The molecule has 3 aliphatic heterocycles. The molecule has 0 radical (unpaired) electrons. The van der Waals surface area contributed by atoms with Gasteiger partial charge in [-0.05, 0) is 24.2 Å². The number of alkyl halides is 2. The molecule has 0 aliphatic carbocycles. The maximum atomic E-state index is 16.2. The van der Waals surface area contributed by atoms with Crippen molar-refractivity contribution in [3.05, 3.63) is 45.8 Å². The van der Waals surface area contributed by atoms with E-state index in [9.17, 15) is 18.9 Å². The number of carbonyl (C=O) groups is 1. The van der Waals surface area contributed by atoms with Crippen LogP contribution in [-0.2, 0) is 36.9 Å². The number of nitrogens with zero attached hydrogens (tertiary/aromatic N) is 5. The number of aromatic nitrogens is 6. The van der Waals surface area contributed by atoms with E-state index in [1.807, 2.05) is 4.98 Å². The normalized spacial score (nSPS) is 30.9. The summed E-state index contributed by atoms with van der Waals surface area (Å²) in [6.07, 6.45) is -1.29. The molecule has 6 heterocycles. The topological polar surface area (TPSA) is 234 Å². The quantitative estimate of drug-likeness (QED) is 0.147. The predicted molar refractivity (Wildman–Crippen MR) is 192 cm³/mol. The van der Waals surface area contributed by atoms with E-state index < -0.39 is 89.5 Å². The minimum Gasteiger partial charge on any atom is -0.396 e. The fourth-order valence-electron chi connectivity index (χ4n) is 6.39. The minimum absolute atomic E-state index is 0.0784. The number of hydrogen-bond donors (Lipinski definition) is 3. The first-order valence-corrected chi connectivity index (χ1v) is 21.6. The molecule has 6 rings (SSSR count). The number of unbranched alkanes of at least 4 members (excludes halogenated alkanes) is 7. The molecule has 3 fully saturated rings. The number of aromatic amines is 1. The second-order valence-electron chi connectivity index (χ2n) is 13.0. The first kappa shape index (κ1) is 40.9. The van der Waals surface area contributed by atoms with Crippen molar-refractivity contribution in [2.24, 2.45) is 0 Å². The first-order valence-electron chi connectivity index (χ1n) is 17.6. The molecule has 3 aliphatic rings. The van der Waals surface area contributed by atoms with Crippen molar-refractivity contribution in [1.82, 2.24) is 29.1 Å². The number of H-pyrrole nitrogens is 1. The zero-order valence-electron chi connectivity index (χ0n) is 29.1. The molecule has 3 aromatic rings. The number of aliphatic hydroxyl groups excluding tert-OH is 1. The van der Waals surface area contributed by atoms with Crippen LogP contribution in [-0.4, -0.2) is 102 Å². The van der Waals surface area contributed by atoms with Crippen molar-refractivity contribution in [2.75, 3.05) is 31.3 Å². The summed E-state index contributed by atoms with van der Waals surface area (Å²) in [6.45, 7) is -5.25. The van der Waals surface area contributed by atoms with Gasteiger partial charge in [0.2, 0.25) is 0 Å². The predicted octanol–water partition coefficient (Wildman–Crippen LogP) is 3.67. The standard InChI is InChI=1S/C31H43F2N7O11P2S/c32-22-25-20(49-30(22)40-17-37-24-27(34)35-16-36-28(24)40)14-47-53(45,54-15-18(42)9-7-5-3-1-2-4-6-8-12-41)51-26-19(13-46-52-50-25)48-29(23(26)33)39-11-10-21(43)38-31(39)44/h10-11,16-17,19-20,22-23,25-26,29-30,41,52H,1-9,12-15H2,(H2,34,35,36)(H,38,43,44)/t19-,20-,22-,23-,25-,26-,29-,30-,53?/m1/s1. The molecule has 0 saturated carbocycles. The molecule has 23 heteroatoms. The number of halogens is 2. The molecule has 10 atom stereocenters. The molecule has 54 heavy (non-hydrogen) atoms. The van der Waals surface area contributed by atoms with Gasteiger partial charge in [0.05, 0.1) is 25.3 Å². The number of Topliss-reactive ketones (excluding diaryl/α,β-unsaturated/α-hetero) is 1. The van der Waals surface area contributed by atoms with E-state index in [0.717, 1.165) is 61.8 Å². The van der Waals surface area contributed by atoms with Crippen molar-refractivity contribution >= 4 is 50.0 Å². The van der Waals surface area contributed by atoms with Gasteiger partial charge in [-0.15, -0.1) is 0 Å². The molecule has 0 spiro atoms. The van der Waals surface area contributed by atoms with Gasteiger partial charge in [-0.25, -0.2) is 33.1 Å². The van der Waals surface area contributed by atoms with Gasteiger partial charge in [0, 0.05) is 25.3 Å². The van der Waals surface area contributed by atoms with E-state index in [1.54, 1.807) is 0 Å². The van der Waals surface area contributed by atoms with Gasteiger partial charge >= 0.3 is 12.5 Å². The number of nitrogens with two attached hydrogens (primary N) is 1. The van der Waals surface area contributed by atoms with Crippen molar-refractivity contribution in [3.63, 3.8) is 0 Å². The smallest absolute Gasteiger partial charge is 0.390 e. The van der Waals surface area contributed by atoms with Gasteiger partial charge < -0.3 is 29.4 Å². The van der Waals surface area contributed by atoms with E-state index in [0.29, 0.717) is 17.8 Å². The summed E-state index contributed by atoms with van der Waals surface area (Å²) >= 11 is 0.556. The van der Waals surface area contributed by atoms with Gasteiger partial charge in [-0.1, -0.05) is 38.5 Å². The Hall–Kier alpha value is -2.71. The lowest BCUT2D eigenvalue weighted by Gasteiger charge is -2.28. The number of rotatable bonds is 15. The zero-order valence-corrected chi connectivity index (χ0v) is 31.8. The molecular formula is C31H43F2N7O11P2S. The molecule has 0 bridgehead atoms. The number of ketones is 1. The number of carbonyl (C=O) groups excluding carboxylic acids is 1. The van der Waals surface area contributed by atoms with Crippen molar-refractivity contribution in [3.8, 4) is 0 Å². The van der Waals surface area contributed by atoms with Gasteiger partial charge in [-0.3, -0.25) is 32.8 Å². The molecule has 18 nitrogen and oxygen atoms in total. The van der Waals surface area contributed by atoms with Crippen molar-refractivity contribution in [2.45, 2.75) is 107 Å². The molecule has 3 saturated heterocycles. The summed E-state index contributed by atoms with van der Waals surface area (Å²) < 4.78 is 83.9. The number of nitrogens with one attached hydrogen (secondary N) is 1. The van der Waals surface area contributed by atoms with Crippen LogP contribution in [0.1, 0.15) is 70.2 Å². The van der Waals surface area contributed by atoms with E-state index in [-0.39, 0.29) is 41.5 Å². The fraction of sp³-hybridized carbons (Fsp3) is 0.677. The molecular weight excluding hydrogens is 778 g/mol. The highest BCUT2D eigenvalue weighted by Crippen LogP contribution is 2.63. The first-order chi connectivity index (χ1) is 26.1. The summed E-state index contributed by atoms with van der Waals surface area (Å²) in [5, 5.41) is 8.90. The lowest BCUT2D eigenvalue weighted by atomic mass is 10.1. The number of hydrogen-bond acceptors (Lipinski definition) is 16. The Kier molecular flexibility index (Phi) is 14.4. The summed E-state index contributed by atoms with van der Waals surface area (Å²) in [7, 11) is -0.803. The molecule has 298 valence electrons. The Balaban J connectivity index is 1.17. The Bertz CT molecular complexity index is 1890. The number of aliphatic hydroxyl groups is 1. The van der Waals surface area contributed by atoms with Crippen LogP contribution in [0.25, 0.3) is 11.2 Å². The summed E-state index contributed by atoms with van der Waals surface area (Å²) in [4.78, 5) is 51.4. The second-order valence-corrected chi connectivity index (χ2v) is 17.7. The molecule has 4 N–H and O–H groups in total. The van der Waals surface area contributed by atoms with Crippen LogP contribution in [0, 0.1) is 0 Å². The summed E-state index contributed by atoms with van der Waals surface area (Å²) in [6, 6.07) is 1.01. The second kappa shape index (κ2) is 19.0. The average Bonchev–Trinajstić information content (AvgIpc) is 3.81. The third kappa shape index (κ3) is 9.80. The van der Waals surface area contributed by atoms with E-state index in [1.165, 1.54) is 17.2 Å². The maximum Gasteiger partial charge on any atom is 0.390 e. The lowest BCUT2D eigenvalue weighted by Crippen LogP contribution is -2.37. The van der Waals surface area contributed by atoms with Crippen LogP contribution in [0.5, 0.6) is 0 Å². The number of imidazole rings is 1. The zero-order chi connectivity index (χ0) is 38.2. The van der Waals surface area contributed by atoms with Crippen LogP contribution in [0.4, 0.5) is 14.6 Å². The Morgan fingerprint density at radius 1 is 0.981 bits per heavy atom. The fourth-order valence-corrected chi connectivity index (χ4v) is 10.4. The molecule has 2 unspecified atom stereocenters. The number of fused-ring (bicyclic) bond motifs is 3.